The van der Waals surface area contributed by atoms with Crippen LogP contribution < -0.4 is 10.5 Å². The summed E-state index contributed by atoms with van der Waals surface area (Å²) in [5.74, 6) is 0.627. The van der Waals surface area contributed by atoms with Crippen LogP contribution in [0.4, 0.5) is 0 Å². The number of carbonyl (C=O) groups excluding carboxylic acids is 1. The zero-order valence-corrected chi connectivity index (χ0v) is 18.0. The molecule has 1 amide bonds. The van der Waals surface area contributed by atoms with Crippen molar-refractivity contribution in [2.24, 2.45) is 11.1 Å². The van der Waals surface area contributed by atoms with Crippen molar-refractivity contribution in [2.75, 3.05) is 26.3 Å². The lowest BCUT2D eigenvalue weighted by atomic mass is 9.75. The van der Waals surface area contributed by atoms with Crippen LogP contribution in [-0.4, -0.2) is 59.2 Å². The molecule has 2 N–H and O–H groups in total. The van der Waals surface area contributed by atoms with Crippen LogP contribution in [0.1, 0.15) is 54.9 Å². The van der Waals surface area contributed by atoms with E-state index in [2.05, 4.69) is 14.9 Å². The van der Waals surface area contributed by atoms with Gasteiger partial charge in [-0.1, -0.05) is 0 Å². The number of fused-ring (bicyclic) bond motifs is 3. The van der Waals surface area contributed by atoms with Crippen molar-refractivity contribution >= 4 is 27.5 Å². The van der Waals surface area contributed by atoms with Gasteiger partial charge in [-0.05, 0) is 50.0 Å². The maximum Gasteiger partial charge on any atom is 0.225 e. The number of nitrogens with zero attached hydrogens (tertiary/aromatic N) is 3. The average Bonchev–Trinajstić information content (AvgIpc) is 3.20. The van der Waals surface area contributed by atoms with Gasteiger partial charge in [-0.15, -0.1) is 11.3 Å². The van der Waals surface area contributed by atoms with Gasteiger partial charge in [-0.25, -0.2) is 9.97 Å². The molecule has 4 aliphatic rings. The molecule has 3 fully saturated rings. The monoisotopic (exact) mass is 428 g/mol. The van der Waals surface area contributed by atoms with Crippen molar-refractivity contribution < 1.29 is 14.3 Å². The zero-order chi connectivity index (χ0) is 20.3. The van der Waals surface area contributed by atoms with Gasteiger partial charge in [0.25, 0.3) is 0 Å². The number of likely N-dealkylation sites (tertiary alicyclic amines) is 1. The van der Waals surface area contributed by atoms with E-state index in [9.17, 15) is 4.79 Å². The molecule has 1 spiro atoms. The Bertz CT molecular complexity index is 972. The minimum atomic E-state index is -0.244. The molecule has 2 aromatic rings. The number of nitrogens with two attached hydrogens (primary N) is 1. The Hall–Kier alpha value is -1.77. The van der Waals surface area contributed by atoms with Crippen molar-refractivity contribution in [3.05, 3.63) is 16.8 Å². The minimum absolute atomic E-state index is 0.171. The highest BCUT2D eigenvalue weighted by Crippen LogP contribution is 2.47. The second-order valence-electron chi connectivity index (χ2n) is 9.65. The highest BCUT2D eigenvalue weighted by molar-refractivity contribution is 7.19. The SMILES string of the molecule is NC(=O)C[C@H]1CCc2sc3ncnc(OC4CCC(N5CC6(COC6)C5)CC4)c3c21. The van der Waals surface area contributed by atoms with Crippen LogP contribution in [0.2, 0.25) is 0 Å². The van der Waals surface area contributed by atoms with Crippen molar-refractivity contribution in [1.82, 2.24) is 14.9 Å². The molecule has 2 saturated heterocycles. The Morgan fingerprint density at radius 1 is 1.23 bits per heavy atom. The molecule has 6 rings (SSSR count). The van der Waals surface area contributed by atoms with E-state index in [1.165, 1.54) is 36.4 Å². The molecular weight excluding hydrogens is 400 g/mol. The van der Waals surface area contributed by atoms with Crippen LogP contribution in [0, 0.1) is 5.41 Å². The van der Waals surface area contributed by atoms with Crippen LogP contribution in [0.25, 0.3) is 10.2 Å². The first-order valence-corrected chi connectivity index (χ1v) is 11.9. The highest BCUT2D eigenvalue weighted by Gasteiger charge is 2.51. The number of carbonyl (C=O) groups is 1. The summed E-state index contributed by atoms with van der Waals surface area (Å²) in [6, 6.07) is 0.687. The summed E-state index contributed by atoms with van der Waals surface area (Å²) in [7, 11) is 0. The molecule has 0 bridgehead atoms. The van der Waals surface area contributed by atoms with Crippen molar-refractivity contribution in [2.45, 2.75) is 63.0 Å². The topological polar surface area (TPSA) is 90.6 Å². The fraction of sp³-hybridized carbons (Fsp3) is 0.682. The molecule has 0 aromatic carbocycles. The number of thiophene rings is 1. The molecule has 30 heavy (non-hydrogen) atoms. The molecular formula is C22H28N4O3S. The van der Waals surface area contributed by atoms with Crippen LogP contribution >= 0.6 is 11.3 Å². The number of aryl methyl sites for hydroxylation is 1. The normalized spacial score (nSPS) is 30.1. The molecule has 0 radical (unpaired) electrons. The maximum atomic E-state index is 11.6. The fourth-order valence-corrected chi connectivity index (χ4v) is 7.14. The van der Waals surface area contributed by atoms with Crippen molar-refractivity contribution in [1.29, 1.82) is 0 Å². The van der Waals surface area contributed by atoms with Gasteiger partial charge in [-0.2, -0.15) is 0 Å². The lowest BCUT2D eigenvalue weighted by Crippen LogP contribution is -2.68. The number of ether oxygens (including phenoxy) is 2. The van der Waals surface area contributed by atoms with E-state index in [4.69, 9.17) is 15.2 Å². The third kappa shape index (κ3) is 3.11. The molecule has 4 heterocycles. The first-order chi connectivity index (χ1) is 14.6. The Morgan fingerprint density at radius 2 is 2.03 bits per heavy atom. The van der Waals surface area contributed by atoms with Crippen molar-refractivity contribution in [3.63, 3.8) is 0 Å². The second kappa shape index (κ2) is 7.14. The molecule has 1 saturated carbocycles. The number of rotatable bonds is 5. The summed E-state index contributed by atoms with van der Waals surface area (Å²) >= 11 is 1.72. The number of primary amides is 1. The lowest BCUT2D eigenvalue weighted by molar-refractivity contribution is -0.201. The third-order valence-corrected chi connectivity index (χ3v) is 8.65. The number of hydrogen-bond acceptors (Lipinski definition) is 7. The van der Waals surface area contributed by atoms with Gasteiger partial charge in [0.15, 0.2) is 0 Å². The van der Waals surface area contributed by atoms with Gasteiger partial charge in [-0.3, -0.25) is 9.69 Å². The predicted molar refractivity (Wildman–Crippen MR) is 114 cm³/mol. The first-order valence-electron chi connectivity index (χ1n) is 11.1. The zero-order valence-electron chi connectivity index (χ0n) is 17.1. The molecule has 8 heteroatoms. The summed E-state index contributed by atoms with van der Waals surface area (Å²) in [4.78, 5) is 25.5. The molecule has 2 aliphatic heterocycles. The largest absolute Gasteiger partial charge is 0.474 e. The van der Waals surface area contributed by atoms with Crippen LogP contribution in [0.5, 0.6) is 5.88 Å². The van der Waals surface area contributed by atoms with E-state index >= 15 is 0 Å². The second-order valence-corrected chi connectivity index (χ2v) is 10.7. The van der Waals surface area contributed by atoms with Gasteiger partial charge < -0.3 is 15.2 Å². The van der Waals surface area contributed by atoms with Crippen LogP contribution in [-0.2, 0) is 16.0 Å². The van der Waals surface area contributed by atoms with Gasteiger partial charge in [0.05, 0.1) is 18.6 Å². The summed E-state index contributed by atoms with van der Waals surface area (Å²) in [6.07, 6.45) is 8.65. The van der Waals surface area contributed by atoms with E-state index in [1.54, 1.807) is 17.7 Å². The molecule has 2 aliphatic carbocycles. The van der Waals surface area contributed by atoms with Crippen LogP contribution in [0.15, 0.2) is 6.33 Å². The Morgan fingerprint density at radius 3 is 2.73 bits per heavy atom. The van der Waals surface area contributed by atoms with Crippen LogP contribution in [0.3, 0.4) is 0 Å². The van der Waals surface area contributed by atoms with Crippen molar-refractivity contribution in [3.8, 4) is 5.88 Å². The standard InChI is InChI=1S/C22H28N4O3S/c23-17(27)7-13-1-6-16-18(13)19-20(24-12-25-21(19)30-16)29-15-4-2-14(3-5-15)26-8-22(9-26)10-28-11-22/h12-15H,1-11H2,(H2,23,27)/t13-,14?,15?/m1/s1. The van der Waals surface area contributed by atoms with Gasteiger partial charge in [0, 0.05) is 35.8 Å². The average molecular weight is 429 g/mol. The summed E-state index contributed by atoms with van der Waals surface area (Å²) in [5.41, 5.74) is 7.20. The summed E-state index contributed by atoms with van der Waals surface area (Å²) < 4.78 is 11.9. The predicted octanol–water partition coefficient (Wildman–Crippen LogP) is 2.62. The number of hydrogen-bond donors (Lipinski definition) is 1. The summed E-state index contributed by atoms with van der Waals surface area (Å²) in [6.45, 7) is 4.32. The fourth-order valence-electron chi connectivity index (χ4n) is 5.91. The van der Waals surface area contributed by atoms with E-state index in [1.807, 2.05) is 0 Å². The molecule has 160 valence electrons. The number of amides is 1. The maximum absolute atomic E-state index is 11.6. The Kier molecular flexibility index (Phi) is 4.51. The quantitative estimate of drug-likeness (QED) is 0.787. The molecule has 2 aromatic heterocycles. The number of aromatic nitrogens is 2. The third-order valence-electron chi connectivity index (χ3n) is 7.47. The summed E-state index contributed by atoms with van der Waals surface area (Å²) in [5, 5.41) is 1.03. The van der Waals surface area contributed by atoms with E-state index < -0.39 is 0 Å². The first kappa shape index (κ1) is 19.0. The smallest absolute Gasteiger partial charge is 0.225 e. The van der Waals surface area contributed by atoms with E-state index in [0.29, 0.717) is 23.8 Å². The molecule has 0 unspecified atom stereocenters. The van der Waals surface area contributed by atoms with Gasteiger partial charge in [0.1, 0.15) is 17.3 Å². The minimum Gasteiger partial charge on any atom is -0.474 e. The van der Waals surface area contributed by atoms with E-state index in [0.717, 1.165) is 49.1 Å². The highest BCUT2D eigenvalue weighted by atomic mass is 32.1. The Balaban J connectivity index is 1.15. The van der Waals surface area contributed by atoms with Gasteiger partial charge >= 0.3 is 0 Å². The van der Waals surface area contributed by atoms with E-state index in [-0.39, 0.29) is 17.9 Å². The molecule has 7 nitrogen and oxygen atoms in total. The van der Waals surface area contributed by atoms with Gasteiger partial charge in [0.2, 0.25) is 11.8 Å². The Labute approximate surface area is 179 Å². The lowest BCUT2D eigenvalue weighted by Gasteiger charge is -2.58. The molecule has 1 atom stereocenters.